The van der Waals surface area contributed by atoms with Crippen LogP contribution in [0.4, 0.5) is 10.1 Å². The third-order valence-electron chi connectivity index (χ3n) is 5.77. The van der Waals surface area contributed by atoms with Gasteiger partial charge in [-0.25, -0.2) is 8.91 Å². The van der Waals surface area contributed by atoms with Gasteiger partial charge >= 0.3 is 0 Å². The summed E-state index contributed by atoms with van der Waals surface area (Å²) >= 11 is 0. The van der Waals surface area contributed by atoms with Gasteiger partial charge in [0.1, 0.15) is 12.4 Å². The summed E-state index contributed by atoms with van der Waals surface area (Å²) in [5.41, 5.74) is 3.52. The summed E-state index contributed by atoms with van der Waals surface area (Å²) < 4.78 is 22.3. The number of rotatable bonds is 6. The van der Waals surface area contributed by atoms with E-state index in [1.807, 2.05) is 6.07 Å². The molecule has 0 saturated carbocycles. The van der Waals surface area contributed by atoms with Crippen molar-refractivity contribution in [1.29, 1.82) is 5.41 Å². The number of carbonyl (C=O) groups excluding carboxylic acids is 1. The number of nitrogens with zero attached hydrogens (tertiary/aromatic N) is 4. The quantitative estimate of drug-likeness (QED) is 0.381. The van der Waals surface area contributed by atoms with E-state index in [0.29, 0.717) is 52.6 Å². The van der Waals surface area contributed by atoms with Gasteiger partial charge in [0.15, 0.2) is 5.65 Å². The average molecular weight is 466 g/mol. The monoisotopic (exact) mass is 465 g/mol. The second-order valence-corrected chi connectivity index (χ2v) is 8.07. The number of amides is 1. The Balaban J connectivity index is 1.91. The Morgan fingerprint density at radius 3 is 3.00 bits per heavy atom. The van der Waals surface area contributed by atoms with E-state index in [4.69, 9.17) is 15.1 Å². The molecule has 2 aromatic heterocycles. The molecule has 10 heteroatoms. The molecule has 1 aromatic carbocycles. The molecule has 1 unspecified atom stereocenters. The van der Waals surface area contributed by atoms with E-state index in [9.17, 15) is 9.18 Å². The maximum Gasteiger partial charge on any atom is 0.225 e. The summed E-state index contributed by atoms with van der Waals surface area (Å²) in [6, 6.07) is 4.53. The van der Waals surface area contributed by atoms with Gasteiger partial charge in [-0.15, -0.1) is 0 Å². The smallest absolute Gasteiger partial charge is 0.225 e. The molecule has 3 N–H and O–H groups in total. The first-order chi connectivity index (χ1) is 16.6. The summed E-state index contributed by atoms with van der Waals surface area (Å²) in [6.07, 6.45) is 8.72. The minimum Gasteiger partial charge on any atom is -0.475 e. The third kappa shape index (κ3) is 4.70. The van der Waals surface area contributed by atoms with Crippen molar-refractivity contribution < 1.29 is 13.9 Å². The van der Waals surface area contributed by atoms with Crippen LogP contribution in [0.1, 0.15) is 25.3 Å². The molecule has 0 saturated heterocycles. The Hall–Kier alpha value is -3.95. The van der Waals surface area contributed by atoms with Gasteiger partial charge in [-0.1, -0.05) is 13.3 Å². The topological polar surface area (TPSA) is 108 Å². The number of hydrogen-bond donors (Lipinski definition) is 3. The Labute approximate surface area is 197 Å². The molecule has 0 radical (unpaired) electrons. The first-order valence-corrected chi connectivity index (χ1v) is 11.2. The number of nitrogens with one attached hydrogen (secondary N) is 3. The van der Waals surface area contributed by atoms with Crippen molar-refractivity contribution in [2.45, 2.75) is 25.8 Å². The van der Waals surface area contributed by atoms with Crippen molar-refractivity contribution in [2.24, 2.45) is 0 Å². The van der Waals surface area contributed by atoms with E-state index in [2.05, 4.69) is 22.7 Å². The van der Waals surface area contributed by atoms with Crippen LogP contribution < -0.4 is 15.4 Å². The fourth-order valence-electron chi connectivity index (χ4n) is 4.11. The molecular weight excluding hydrogens is 437 g/mol. The van der Waals surface area contributed by atoms with E-state index in [1.54, 1.807) is 35.1 Å². The van der Waals surface area contributed by atoms with Crippen LogP contribution in [0.25, 0.3) is 22.3 Å². The van der Waals surface area contributed by atoms with Gasteiger partial charge in [-0.3, -0.25) is 4.79 Å². The fourth-order valence-corrected chi connectivity index (χ4v) is 4.11. The lowest BCUT2D eigenvalue weighted by atomic mass is 10.1. The largest absolute Gasteiger partial charge is 0.475 e. The second-order valence-electron chi connectivity index (χ2n) is 8.07. The molecule has 4 bridgehead atoms. The lowest BCUT2D eigenvalue weighted by molar-refractivity contribution is -0.120. The van der Waals surface area contributed by atoms with Crippen LogP contribution in [0.3, 0.4) is 0 Å². The molecule has 3 aromatic rings. The highest BCUT2D eigenvalue weighted by Gasteiger charge is 2.21. The Morgan fingerprint density at radius 2 is 2.26 bits per heavy atom. The van der Waals surface area contributed by atoms with Crippen LogP contribution in [0, 0.1) is 11.2 Å². The summed E-state index contributed by atoms with van der Waals surface area (Å²) in [6.45, 7) is 3.20. The summed E-state index contributed by atoms with van der Waals surface area (Å²) in [5.74, 6) is -0.0725. The molecule has 34 heavy (non-hydrogen) atoms. The number of aromatic nitrogens is 3. The average Bonchev–Trinajstić information content (AvgIpc) is 3.25. The van der Waals surface area contributed by atoms with Gasteiger partial charge in [-0.2, -0.15) is 10.1 Å². The fraction of sp³-hybridized carbons (Fsp3) is 0.333. The minimum atomic E-state index is -0.390. The predicted octanol–water partition coefficient (Wildman–Crippen LogP) is 3.18. The van der Waals surface area contributed by atoms with Crippen LogP contribution in [0.5, 0.6) is 5.88 Å². The number of ether oxygens (including phenoxy) is 1. The molecule has 3 heterocycles. The Morgan fingerprint density at radius 1 is 1.41 bits per heavy atom. The molecule has 1 atom stereocenters. The van der Waals surface area contributed by atoms with E-state index in [-0.39, 0.29) is 12.6 Å². The first kappa shape index (κ1) is 23.2. The Kier molecular flexibility index (Phi) is 7.05. The maximum absolute atomic E-state index is 14.5. The summed E-state index contributed by atoms with van der Waals surface area (Å²) in [7, 11) is 1.75. The number of benzene rings is 1. The zero-order chi connectivity index (χ0) is 24.1. The van der Waals surface area contributed by atoms with Gasteiger partial charge in [0.05, 0.1) is 17.8 Å². The van der Waals surface area contributed by atoms with Gasteiger partial charge in [-0.05, 0) is 30.2 Å². The molecule has 178 valence electrons. The third-order valence-corrected chi connectivity index (χ3v) is 5.77. The summed E-state index contributed by atoms with van der Waals surface area (Å²) in [4.78, 5) is 18.3. The molecule has 9 nitrogen and oxygen atoms in total. The number of halogens is 1. The van der Waals surface area contributed by atoms with Crippen LogP contribution in [-0.2, 0) is 4.79 Å². The normalized spacial score (nSPS) is 16.5. The van der Waals surface area contributed by atoms with Gasteiger partial charge in [0.25, 0.3) is 0 Å². The molecule has 0 aliphatic carbocycles. The number of hydrogen-bond acceptors (Lipinski definition) is 7. The van der Waals surface area contributed by atoms with E-state index in [1.165, 1.54) is 18.3 Å². The molecule has 1 aliphatic rings. The van der Waals surface area contributed by atoms with Crippen molar-refractivity contribution in [3.8, 4) is 17.0 Å². The van der Waals surface area contributed by atoms with Crippen molar-refractivity contribution in [2.75, 3.05) is 32.1 Å². The van der Waals surface area contributed by atoms with E-state index >= 15 is 0 Å². The lowest BCUT2D eigenvalue weighted by Crippen LogP contribution is -2.41. The zero-order valence-electron chi connectivity index (χ0n) is 19.2. The summed E-state index contributed by atoms with van der Waals surface area (Å²) in [5, 5.41) is 18.4. The van der Waals surface area contributed by atoms with Gasteiger partial charge in [0.2, 0.25) is 12.3 Å². The first-order valence-electron chi connectivity index (χ1n) is 11.2. The van der Waals surface area contributed by atoms with Crippen molar-refractivity contribution in [3.05, 3.63) is 48.2 Å². The molecule has 0 spiro atoms. The Bertz CT molecular complexity index is 1220. The standard InChI is InChI=1S/C24H28FN7O2/c1-3-4-20-14-34-24-22(17(10-26)11-27-2)13-32-23(30-24)21(12-29-32)16-7-18(25)9-19(8-16)28-5-6-31(20)15-33/h7-13,15,20,26-28H,3-6,14H2,1-2H3/b17-11+,26-10?. The van der Waals surface area contributed by atoms with Crippen LogP contribution >= 0.6 is 0 Å². The number of carbonyl (C=O) groups is 1. The molecular formula is C24H28FN7O2. The van der Waals surface area contributed by atoms with Crippen LogP contribution in [0.2, 0.25) is 0 Å². The lowest BCUT2D eigenvalue weighted by Gasteiger charge is -2.28. The SMILES string of the molecule is CCCC1COc2nc3c(cnn3cc2/C(C=N)=C/NC)-c2cc(F)cc(c2)NCCN1C=O. The van der Waals surface area contributed by atoms with Crippen LogP contribution in [-0.4, -0.2) is 64.9 Å². The highest BCUT2D eigenvalue weighted by molar-refractivity contribution is 6.09. The molecule has 1 aliphatic heterocycles. The highest BCUT2D eigenvalue weighted by atomic mass is 19.1. The maximum atomic E-state index is 14.5. The van der Waals surface area contributed by atoms with Crippen LogP contribution in [0.15, 0.2) is 36.8 Å². The highest BCUT2D eigenvalue weighted by Crippen LogP contribution is 2.31. The minimum absolute atomic E-state index is 0.165. The molecule has 1 amide bonds. The van der Waals surface area contributed by atoms with E-state index < -0.39 is 5.82 Å². The van der Waals surface area contributed by atoms with E-state index in [0.717, 1.165) is 19.3 Å². The van der Waals surface area contributed by atoms with Crippen molar-refractivity contribution >= 4 is 29.5 Å². The van der Waals surface area contributed by atoms with Gasteiger partial charge in [0, 0.05) is 55.6 Å². The number of fused-ring (bicyclic) bond motifs is 4. The second kappa shape index (κ2) is 10.3. The van der Waals surface area contributed by atoms with Gasteiger partial charge < -0.3 is 25.7 Å². The number of anilines is 1. The predicted molar refractivity (Wildman–Crippen MR) is 130 cm³/mol. The molecule has 0 fully saturated rings. The molecule has 4 rings (SSSR count). The number of allylic oxidation sites excluding steroid dienone is 1. The zero-order valence-corrected chi connectivity index (χ0v) is 19.2. The van der Waals surface area contributed by atoms with Crippen molar-refractivity contribution in [3.63, 3.8) is 0 Å². The van der Waals surface area contributed by atoms with Crippen molar-refractivity contribution in [1.82, 2.24) is 24.8 Å².